The van der Waals surface area contributed by atoms with Crippen LogP contribution in [-0.2, 0) is 12.8 Å². The van der Waals surface area contributed by atoms with Crippen LogP contribution in [-0.4, -0.2) is 39.3 Å². The minimum Gasteiger partial charge on any atom is -0.508 e. The summed E-state index contributed by atoms with van der Waals surface area (Å²) in [6.45, 7) is 2.45. The molecule has 5 nitrogen and oxygen atoms in total. The average molecular weight is 418 g/mol. The van der Waals surface area contributed by atoms with Gasteiger partial charge < -0.3 is 14.5 Å². The van der Waals surface area contributed by atoms with Gasteiger partial charge in [-0.1, -0.05) is 42.3 Å². The van der Waals surface area contributed by atoms with Crippen molar-refractivity contribution in [3.8, 4) is 17.2 Å². The van der Waals surface area contributed by atoms with E-state index in [-0.39, 0.29) is 0 Å². The SMILES string of the molecule is Oc1ccc(Cc2ccc(-c3nc(CC4CCN(C5CCCC5)CC4)no3)cc2)cc1. The lowest BCUT2D eigenvalue weighted by Crippen LogP contribution is -2.40. The van der Waals surface area contributed by atoms with Gasteiger partial charge in [0.05, 0.1) is 0 Å². The van der Waals surface area contributed by atoms with E-state index in [1.165, 1.54) is 62.7 Å². The molecule has 2 aliphatic rings. The van der Waals surface area contributed by atoms with E-state index in [0.29, 0.717) is 17.6 Å². The summed E-state index contributed by atoms with van der Waals surface area (Å²) < 4.78 is 5.57. The highest BCUT2D eigenvalue weighted by Crippen LogP contribution is 2.29. The van der Waals surface area contributed by atoms with Gasteiger partial charge in [-0.25, -0.2) is 0 Å². The number of piperidine rings is 1. The number of hydrogen-bond donors (Lipinski definition) is 1. The van der Waals surface area contributed by atoms with Gasteiger partial charge >= 0.3 is 0 Å². The Hall–Kier alpha value is -2.66. The van der Waals surface area contributed by atoms with Crippen molar-refractivity contribution in [2.75, 3.05) is 13.1 Å². The second-order valence-electron chi connectivity index (χ2n) is 9.18. The van der Waals surface area contributed by atoms with Crippen molar-refractivity contribution in [1.82, 2.24) is 15.0 Å². The summed E-state index contributed by atoms with van der Waals surface area (Å²) in [6.07, 6.45) is 9.84. The third-order valence-corrected chi connectivity index (χ3v) is 6.98. The van der Waals surface area contributed by atoms with Gasteiger partial charge in [0.15, 0.2) is 5.82 Å². The standard InChI is InChI=1S/C26H31N3O2/c30-24-11-7-20(8-12-24)17-19-5-9-22(10-6-19)26-27-25(28-31-26)18-21-13-15-29(16-14-21)23-3-1-2-4-23/h5-12,21,23,30H,1-4,13-18H2. The zero-order valence-corrected chi connectivity index (χ0v) is 18.0. The molecule has 5 heteroatoms. The Kier molecular flexibility index (Phi) is 6.03. The summed E-state index contributed by atoms with van der Waals surface area (Å²) >= 11 is 0. The molecule has 2 heterocycles. The molecule has 0 atom stereocenters. The predicted octanol–water partition coefficient (Wildman–Crippen LogP) is 5.23. The number of phenols is 1. The Balaban J connectivity index is 1.15. The summed E-state index contributed by atoms with van der Waals surface area (Å²) in [4.78, 5) is 7.39. The van der Waals surface area contributed by atoms with E-state index in [4.69, 9.17) is 4.52 Å². The molecule has 0 bridgehead atoms. The smallest absolute Gasteiger partial charge is 0.257 e. The molecule has 1 aromatic heterocycles. The van der Waals surface area contributed by atoms with E-state index in [1.807, 2.05) is 24.3 Å². The quantitative estimate of drug-likeness (QED) is 0.595. The van der Waals surface area contributed by atoms with Gasteiger partial charge in [0.1, 0.15) is 5.75 Å². The molecule has 0 amide bonds. The minimum atomic E-state index is 0.297. The lowest BCUT2D eigenvalue weighted by atomic mass is 9.92. The highest BCUT2D eigenvalue weighted by Gasteiger charge is 2.27. The molecule has 2 aromatic carbocycles. The average Bonchev–Trinajstić information content (AvgIpc) is 3.49. The van der Waals surface area contributed by atoms with Crippen molar-refractivity contribution >= 4 is 0 Å². The van der Waals surface area contributed by atoms with Crippen molar-refractivity contribution in [2.45, 2.75) is 57.4 Å². The first kappa shape index (κ1) is 20.3. The van der Waals surface area contributed by atoms with E-state index in [2.05, 4.69) is 27.2 Å². The van der Waals surface area contributed by atoms with Gasteiger partial charge in [-0.15, -0.1) is 0 Å². The molecule has 1 aliphatic carbocycles. The van der Waals surface area contributed by atoms with Crippen molar-refractivity contribution < 1.29 is 9.63 Å². The van der Waals surface area contributed by atoms with Crippen LogP contribution in [0.2, 0.25) is 0 Å². The summed E-state index contributed by atoms with van der Waals surface area (Å²) in [5, 5.41) is 13.7. The van der Waals surface area contributed by atoms with Crippen LogP contribution in [0.1, 0.15) is 55.5 Å². The number of likely N-dealkylation sites (tertiary alicyclic amines) is 1. The Morgan fingerprint density at radius 1 is 0.871 bits per heavy atom. The Morgan fingerprint density at radius 3 is 2.19 bits per heavy atom. The van der Waals surface area contributed by atoms with Crippen molar-refractivity contribution in [1.29, 1.82) is 0 Å². The van der Waals surface area contributed by atoms with Crippen LogP contribution >= 0.6 is 0 Å². The molecule has 0 spiro atoms. The molecule has 2 fully saturated rings. The monoisotopic (exact) mass is 417 g/mol. The highest BCUT2D eigenvalue weighted by molar-refractivity contribution is 5.53. The molecule has 1 saturated heterocycles. The molecule has 1 N–H and O–H groups in total. The molecule has 1 aliphatic heterocycles. The Bertz CT molecular complexity index is 967. The second-order valence-corrected chi connectivity index (χ2v) is 9.18. The third kappa shape index (κ3) is 4.99. The number of aromatic hydroxyl groups is 1. The minimum absolute atomic E-state index is 0.297. The molecule has 3 aromatic rings. The summed E-state index contributed by atoms with van der Waals surface area (Å²) in [5.41, 5.74) is 3.34. The first-order chi connectivity index (χ1) is 15.2. The van der Waals surface area contributed by atoms with Crippen molar-refractivity contribution in [2.24, 2.45) is 5.92 Å². The molecule has 31 heavy (non-hydrogen) atoms. The summed E-state index contributed by atoms with van der Waals surface area (Å²) in [6, 6.07) is 16.5. The van der Waals surface area contributed by atoms with Gasteiger partial charge in [-0.05, 0) is 86.5 Å². The first-order valence-electron chi connectivity index (χ1n) is 11.7. The topological polar surface area (TPSA) is 62.4 Å². The number of hydrogen-bond acceptors (Lipinski definition) is 5. The Morgan fingerprint density at radius 2 is 1.52 bits per heavy atom. The molecule has 162 valence electrons. The van der Waals surface area contributed by atoms with Gasteiger partial charge in [-0.3, -0.25) is 0 Å². The number of nitrogens with zero attached hydrogens (tertiary/aromatic N) is 3. The van der Waals surface area contributed by atoms with Crippen LogP contribution in [0.4, 0.5) is 0 Å². The van der Waals surface area contributed by atoms with Gasteiger partial charge in [-0.2, -0.15) is 4.98 Å². The lowest BCUT2D eigenvalue weighted by molar-refractivity contribution is 0.133. The second kappa shape index (κ2) is 9.23. The van der Waals surface area contributed by atoms with E-state index < -0.39 is 0 Å². The van der Waals surface area contributed by atoms with E-state index >= 15 is 0 Å². The number of rotatable bonds is 6. The van der Waals surface area contributed by atoms with Crippen LogP contribution in [0.25, 0.3) is 11.5 Å². The van der Waals surface area contributed by atoms with Gasteiger partial charge in [0, 0.05) is 18.0 Å². The van der Waals surface area contributed by atoms with E-state index in [0.717, 1.165) is 30.3 Å². The maximum atomic E-state index is 9.42. The fourth-order valence-electron chi connectivity index (χ4n) is 5.12. The fraction of sp³-hybridized carbons (Fsp3) is 0.462. The predicted molar refractivity (Wildman–Crippen MR) is 121 cm³/mol. The van der Waals surface area contributed by atoms with E-state index in [1.54, 1.807) is 12.1 Å². The fourth-order valence-corrected chi connectivity index (χ4v) is 5.12. The zero-order chi connectivity index (χ0) is 21.0. The largest absolute Gasteiger partial charge is 0.508 e. The van der Waals surface area contributed by atoms with Gasteiger partial charge in [0.25, 0.3) is 5.89 Å². The van der Waals surface area contributed by atoms with Crippen molar-refractivity contribution in [3.05, 3.63) is 65.5 Å². The van der Waals surface area contributed by atoms with Gasteiger partial charge in [0.2, 0.25) is 0 Å². The van der Waals surface area contributed by atoms with E-state index in [9.17, 15) is 5.11 Å². The number of phenolic OH excluding ortho intramolecular Hbond substituents is 1. The highest BCUT2D eigenvalue weighted by atomic mass is 16.5. The molecule has 0 unspecified atom stereocenters. The third-order valence-electron chi connectivity index (χ3n) is 6.98. The molecular formula is C26H31N3O2. The molecule has 5 rings (SSSR count). The van der Waals surface area contributed by atoms with Crippen LogP contribution < -0.4 is 0 Å². The summed E-state index contributed by atoms with van der Waals surface area (Å²) in [7, 11) is 0. The zero-order valence-electron chi connectivity index (χ0n) is 18.0. The molecule has 0 radical (unpaired) electrons. The Labute approximate surface area is 184 Å². The van der Waals surface area contributed by atoms with Crippen LogP contribution in [0, 0.1) is 5.92 Å². The van der Waals surface area contributed by atoms with Crippen LogP contribution in [0.15, 0.2) is 53.1 Å². The maximum absolute atomic E-state index is 9.42. The number of benzene rings is 2. The van der Waals surface area contributed by atoms with Crippen molar-refractivity contribution in [3.63, 3.8) is 0 Å². The normalized spacial score (nSPS) is 18.6. The first-order valence-corrected chi connectivity index (χ1v) is 11.7. The van der Waals surface area contributed by atoms with Crippen LogP contribution in [0.3, 0.4) is 0 Å². The maximum Gasteiger partial charge on any atom is 0.257 e. The van der Waals surface area contributed by atoms with Crippen LogP contribution in [0.5, 0.6) is 5.75 Å². The summed E-state index contributed by atoms with van der Waals surface area (Å²) in [5.74, 6) is 2.40. The lowest BCUT2D eigenvalue weighted by Gasteiger charge is -2.35. The molecular weight excluding hydrogens is 386 g/mol. The number of aromatic nitrogens is 2. The molecule has 1 saturated carbocycles.